The molecule has 0 bridgehead atoms. The third-order valence-electron chi connectivity index (χ3n) is 6.34. The van der Waals surface area contributed by atoms with Crippen LogP contribution < -0.4 is 0 Å². The average Bonchev–Trinajstić information content (AvgIpc) is 3.13. The standard InChI is InChI=1S/C25H23NO3/c1-29-25(28)18-11-12-21-22(14-18)26-19(15-27)13-17-9-5-6-10-20(17)24(26)23(21)16-7-3-2-4-8-16/h5-6,9-16H,2-4,7-8H2,1H3. The number of carbonyl (C=O) groups is 2. The Bertz CT molecular complexity index is 1260. The normalized spacial score (nSPS) is 15.2. The summed E-state index contributed by atoms with van der Waals surface area (Å²) < 4.78 is 6.97. The lowest BCUT2D eigenvalue weighted by Crippen LogP contribution is -2.05. The van der Waals surface area contributed by atoms with Gasteiger partial charge in [0.1, 0.15) is 0 Å². The lowest BCUT2D eigenvalue weighted by Gasteiger charge is -2.22. The van der Waals surface area contributed by atoms with Crippen molar-refractivity contribution in [3.8, 4) is 0 Å². The second kappa shape index (κ2) is 7.03. The molecule has 0 N–H and O–H groups in total. The van der Waals surface area contributed by atoms with Gasteiger partial charge in [0, 0.05) is 10.8 Å². The van der Waals surface area contributed by atoms with Gasteiger partial charge in [-0.25, -0.2) is 4.79 Å². The summed E-state index contributed by atoms with van der Waals surface area (Å²) in [5.74, 6) is 0.0973. The van der Waals surface area contributed by atoms with Gasteiger partial charge in [-0.2, -0.15) is 0 Å². The number of aromatic nitrogens is 1. The monoisotopic (exact) mass is 385 g/mol. The van der Waals surface area contributed by atoms with Crippen molar-refractivity contribution < 1.29 is 14.3 Å². The Kier molecular flexibility index (Phi) is 4.35. The number of ether oxygens (including phenoxy) is 1. The molecule has 2 heterocycles. The van der Waals surface area contributed by atoms with Gasteiger partial charge in [0.05, 0.1) is 29.4 Å². The highest BCUT2D eigenvalue weighted by atomic mass is 16.5. The second-order valence-electron chi connectivity index (χ2n) is 7.93. The van der Waals surface area contributed by atoms with Crippen molar-refractivity contribution in [1.29, 1.82) is 0 Å². The highest BCUT2D eigenvalue weighted by Crippen LogP contribution is 2.43. The van der Waals surface area contributed by atoms with Crippen LogP contribution in [0, 0.1) is 0 Å². The summed E-state index contributed by atoms with van der Waals surface area (Å²) in [4.78, 5) is 24.2. The minimum Gasteiger partial charge on any atom is -0.465 e. The van der Waals surface area contributed by atoms with E-state index in [-0.39, 0.29) is 5.97 Å². The van der Waals surface area contributed by atoms with Crippen LogP contribution in [-0.2, 0) is 4.74 Å². The van der Waals surface area contributed by atoms with Crippen LogP contribution >= 0.6 is 0 Å². The van der Waals surface area contributed by atoms with E-state index in [0.717, 1.165) is 46.3 Å². The molecule has 0 atom stereocenters. The lowest BCUT2D eigenvalue weighted by atomic mass is 9.82. The number of hydrogen-bond donors (Lipinski definition) is 0. The fourth-order valence-corrected chi connectivity index (χ4v) is 5.05. The van der Waals surface area contributed by atoms with Crippen molar-refractivity contribution in [2.75, 3.05) is 7.11 Å². The van der Waals surface area contributed by atoms with Crippen LogP contribution in [0.1, 0.15) is 64.4 Å². The molecular weight excluding hydrogens is 362 g/mol. The summed E-state index contributed by atoms with van der Waals surface area (Å²) >= 11 is 0. The van der Waals surface area contributed by atoms with Gasteiger partial charge in [0.2, 0.25) is 0 Å². The molecule has 1 saturated carbocycles. The van der Waals surface area contributed by atoms with Crippen molar-refractivity contribution in [3.63, 3.8) is 0 Å². The summed E-state index contributed by atoms with van der Waals surface area (Å²) in [5, 5.41) is 3.34. The van der Waals surface area contributed by atoms with Crippen molar-refractivity contribution >= 4 is 39.4 Å². The topological polar surface area (TPSA) is 47.8 Å². The van der Waals surface area contributed by atoms with E-state index >= 15 is 0 Å². The summed E-state index contributed by atoms with van der Waals surface area (Å²) in [6, 6.07) is 15.9. The number of pyridine rings is 1. The first-order chi connectivity index (χ1) is 14.2. The number of benzene rings is 2. The summed E-state index contributed by atoms with van der Waals surface area (Å²) in [6.07, 6.45) is 6.98. The molecule has 29 heavy (non-hydrogen) atoms. The summed E-state index contributed by atoms with van der Waals surface area (Å²) in [7, 11) is 1.39. The van der Waals surface area contributed by atoms with E-state index < -0.39 is 0 Å². The maximum absolute atomic E-state index is 12.2. The number of aldehydes is 1. The van der Waals surface area contributed by atoms with E-state index in [4.69, 9.17) is 4.74 Å². The van der Waals surface area contributed by atoms with E-state index in [9.17, 15) is 9.59 Å². The van der Waals surface area contributed by atoms with Crippen LogP contribution in [0.2, 0.25) is 0 Å². The number of nitrogens with zero attached hydrogens (tertiary/aromatic N) is 1. The van der Waals surface area contributed by atoms with E-state index in [1.54, 1.807) is 0 Å². The zero-order valence-corrected chi connectivity index (χ0v) is 16.5. The third-order valence-corrected chi connectivity index (χ3v) is 6.34. The molecule has 4 aromatic rings. The zero-order chi connectivity index (χ0) is 20.0. The Balaban J connectivity index is 1.97. The largest absolute Gasteiger partial charge is 0.465 e. The second-order valence-corrected chi connectivity index (χ2v) is 7.93. The van der Waals surface area contributed by atoms with Crippen LogP contribution in [0.5, 0.6) is 0 Å². The third kappa shape index (κ3) is 2.74. The van der Waals surface area contributed by atoms with Crippen LogP contribution in [0.15, 0.2) is 48.5 Å². The number of fused-ring (bicyclic) bond motifs is 5. The molecule has 4 heteroatoms. The van der Waals surface area contributed by atoms with Gasteiger partial charge in [-0.1, -0.05) is 49.6 Å². The molecule has 4 nitrogen and oxygen atoms in total. The molecule has 0 saturated heterocycles. The van der Waals surface area contributed by atoms with Gasteiger partial charge in [-0.3, -0.25) is 4.79 Å². The Morgan fingerprint density at radius 2 is 1.83 bits per heavy atom. The van der Waals surface area contributed by atoms with Gasteiger partial charge in [0.15, 0.2) is 6.29 Å². The van der Waals surface area contributed by atoms with E-state index in [1.165, 1.54) is 31.9 Å². The molecule has 146 valence electrons. The maximum Gasteiger partial charge on any atom is 0.337 e. The molecule has 5 rings (SSSR count). The first-order valence-electron chi connectivity index (χ1n) is 10.3. The number of rotatable bonds is 3. The Morgan fingerprint density at radius 1 is 1.03 bits per heavy atom. The SMILES string of the molecule is COC(=O)c1ccc2c(C3CCCCC3)c3c4ccccc4cc(C=O)n3c2c1. The highest BCUT2D eigenvalue weighted by Gasteiger charge is 2.25. The molecule has 0 aliphatic heterocycles. The van der Waals surface area contributed by atoms with Crippen molar-refractivity contribution in [3.05, 3.63) is 65.4 Å². The molecule has 2 aromatic carbocycles. The van der Waals surface area contributed by atoms with Gasteiger partial charge >= 0.3 is 5.97 Å². The Morgan fingerprint density at radius 3 is 2.59 bits per heavy atom. The van der Waals surface area contributed by atoms with Gasteiger partial charge in [0.25, 0.3) is 0 Å². The van der Waals surface area contributed by atoms with E-state index in [2.05, 4.69) is 12.1 Å². The van der Waals surface area contributed by atoms with Crippen molar-refractivity contribution in [2.24, 2.45) is 0 Å². The molecule has 2 aromatic heterocycles. The first-order valence-corrected chi connectivity index (χ1v) is 10.3. The van der Waals surface area contributed by atoms with Gasteiger partial charge < -0.3 is 9.14 Å². The molecule has 1 fully saturated rings. The zero-order valence-electron chi connectivity index (χ0n) is 16.5. The number of carbonyl (C=O) groups excluding carboxylic acids is 2. The van der Waals surface area contributed by atoms with E-state index in [1.807, 2.05) is 40.8 Å². The minimum absolute atomic E-state index is 0.366. The lowest BCUT2D eigenvalue weighted by molar-refractivity contribution is 0.0601. The summed E-state index contributed by atoms with van der Waals surface area (Å²) in [5.41, 5.74) is 4.42. The Hall–Kier alpha value is -3.14. The summed E-state index contributed by atoms with van der Waals surface area (Å²) in [6.45, 7) is 0. The van der Waals surface area contributed by atoms with Gasteiger partial charge in [-0.05, 0) is 47.9 Å². The molecule has 0 radical (unpaired) electrons. The maximum atomic E-state index is 12.2. The molecule has 1 aliphatic carbocycles. The number of hydrogen-bond acceptors (Lipinski definition) is 3. The Labute approximate surface area is 169 Å². The smallest absolute Gasteiger partial charge is 0.337 e. The van der Waals surface area contributed by atoms with Crippen molar-refractivity contribution in [2.45, 2.75) is 38.0 Å². The predicted molar refractivity (Wildman–Crippen MR) is 115 cm³/mol. The minimum atomic E-state index is -0.366. The molecule has 1 aliphatic rings. The molecule has 0 spiro atoms. The molecule has 0 unspecified atom stereocenters. The van der Waals surface area contributed by atoms with Crippen LogP contribution in [0.3, 0.4) is 0 Å². The van der Waals surface area contributed by atoms with Crippen LogP contribution in [0.25, 0.3) is 27.2 Å². The number of esters is 1. The number of methoxy groups -OCH3 is 1. The van der Waals surface area contributed by atoms with Gasteiger partial charge in [-0.15, -0.1) is 0 Å². The van der Waals surface area contributed by atoms with E-state index in [0.29, 0.717) is 17.2 Å². The quantitative estimate of drug-likeness (QED) is 0.326. The highest BCUT2D eigenvalue weighted by molar-refractivity contribution is 6.09. The first kappa shape index (κ1) is 17.9. The predicted octanol–water partition coefficient (Wildman–Crippen LogP) is 5.89. The van der Waals surface area contributed by atoms with Crippen LogP contribution in [0.4, 0.5) is 0 Å². The fraction of sp³-hybridized carbons (Fsp3) is 0.280. The molecule has 0 amide bonds. The molecular formula is C25H23NO3. The fourth-order valence-electron chi connectivity index (χ4n) is 5.05. The van der Waals surface area contributed by atoms with Crippen LogP contribution in [-0.4, -0.2) is 23.8 Å². The van der Waals surface area contributed by atoms with Crippen molar-refractivity contribution in [1.82, 2.24) is 4.40 Å². The average molecular weight is 385 g/mol.